The van der Waals surface area contributed by atoms with Crippen LogP contribution in [0.25, 0.3) is 5.82 Å². The lowest BCUT2D eigenvalue weighted by Crippen LogP contribution is -2.34. The fourth-order valence-electron chi connectivity index (χ4n) is 2.43. The lowest BCUT2D eigenvalue weighted by Gasteiger charge is -2.08. The van der Waals surface area contributed by atoms with Gasteiger partial charge in [0.1, 0.15) is 0 Å². The molecule has 7 heteroatoms. The van der Waals surface area contributed by atoms with E-state index in [0.717, 1.165) is 28.5 Å². The van der Waals surface area contributed by atoms with Gasteiger partial charge in [-0.05, 0) is 43.7 Å². The smallest absolute Gasteiger partial charge is 0.315 e. The Balaban J connectivity index is 1.51. The van der Waals surface area contributed by atoms with E-state index >= 15 is 0 Å². The Morgan fingerprint density at radius 1 is 1.08 bits per heavy atom. The summed E-state index contributed by atoms with van der Waals surface area (Å²) in [6.07, 6.45) is 3.44. The second-order valence-electron chi connectivity index (χ2n) is 5.72. The second kappa shape index (κ2) is 7.57. The fraction of sp³-hybridized carbons (Fsp3) is 0.222. The Morgan fingerprint density at radius 3 is 2.56 bits per heavy atom. The lowest BCUT2D eigenvalue weighted by atomic mass is 10.3. The van der Waals surface area contributed by atoms with E-state index in [-0.39, 0.29) is 6.03 Å². The highest BCUT2D eigenvalue weighted by molar-refractivity contribution is 5.73. The molecule has 0 unspecified atom stereocenters. The molecule has 0 aliphatic rings. The number of aryl methyl sites for hydroxylation is 2. The van der Waals surface area contributed by atoms with Crippen LogP contribution in [0.3, 0.4) is 0 Å². The molecule has 0 radical (unpaired) electrons. The van der Waals surface area contributed by atoms with Crippen LogP contribution in [0.2, 0.25) is 0 Å². The lowest BCUT2D eigenvalue weighted by molar-refractivity contribution is 0.240. The third-order valence-electron chi connectivity index (χ3n) is 3.65. The number of carbonyl (C=O) groups excluding carboxylic acids is 1. The molecule has 2 N–H and O–H groups in total. The van der Waals surface area contributed by atoms with Crippen molar-refractivity contribution in [1.29, 1.82) is 0 Å². The molecule has 0 aliphatic carbocycles. The van der Waals surface area contributed by atoms with Gasteiger partial charge in [0.05, 0.1) is 17.9 Å². The van der Waals surface area contributed by atoms with Crippen molar-refractivity contribution in [3.63, 3.8) is 0 Å². The van der Waals surface area contributed by atoms with Crippen molar-refractivity contribution in [2.24, 2.45) is 0 Å². The van der Waals surface area contributed by atoms with Gasteiger partial charge in [-0.2, -0.15) is 5.10 Å². The number of carbonyl (C=O) groups is 1. The molecule has 2 amide bonds. The van der Waals surface area contributed by atoms with Crippen LogP contribution in [-0.4, -0.2) is 25.8 Å². The summed E-state index contributed by atoms with van der Waals surface area (Å²) in [5, 5.41) is 9.98. The highest BCUT2D eigenvalue weighted by Gasteiger charge is 2.06. The zero-order chi connectivity index (χ0) is 17.6. The summed E-state index contributed by atoms with van der Waals surface area (Å²) in [5.74, 6) is 0.758. The molecule has 0 bridgehead atoms. The van der Waals surface area contributed by atoms with Gasteiger partial charge in [-0.15, -0.1) is 0 Å². The number of nitrogens with one attached hydrogen (secondary N) is 2. The van der Waals surface area contributed by atoms with Crippen LogP contribution in [0.1, 0.15) is 22.6 Å². The van der Waals surface area contributed by atoms with Crippen molar-refractivity contribution < 1.29 is 4.79 Å². The number of rotatable bonds is 5. The monoisotopic (exact) mass is 336 g/mol. The maximum Gasteiger partial charge on any atom is 0.315 e. The average molecular weight is 336 g/mol. The van der Waals surface area contributed by atoms with Gasteiger partial charge in [-0.3, -0.25) is 4.98 Å². The Kier molecular flexibility index (Phi) is 5.03. The van der Waals surface area contributed by atoms with Crippen molar-refractivity contribution in [3.8, 4) is 5.82 Å². The number of urea groups is 1. The van der Waals surface area contributed by atoms with Crippen LogP contribution >= 0.6 is 0 Å². The minimum absolute atomic E-state index is 0.242. The topological polar surface area (TPSA) is 84.7 Å². The molecule has 0 spiro atoms. The van der Waals surface area contributed by atoms with Crippen molar-refractivity contribution in [3.05, 3.63) is 71.4 Å². The molecule has 0 aliphatic heterocycles. The van der Waals surface area contributed by atoms with E-state index in [9.17, 15) is 4.79 Å². The van der Waals surface area contributed by atoms with Gasteiger partial charge in [0.25, 0.3) is 0 Å². The normalized spacial score (nSPS) is 10.5. The van der Waals surface area contributed by atoms with Crippen molar-refractivity contribution in [1.82, 2.24) is 30.4 Å². The van der Waals surface area contributed by atoms with E-state index in [1.807, 2.05) is 50.2 Å². The number of aromatic nitrogens is 4. The molecule has 7 nitrogen and oxygen atoms in total. The summed E-state index contributed by atoms with van der Waals surface area (Å²) in [4.78, 5) is 20.4. The predicted octanol–water partition coefficient (Wildman–Crippen LogP) is 2.28. The summed E-state index contributed by atoms with van der Waals surface area (Å²) in [6.45, 7) is 4.73. The Labute approximate surface area is 146 Å². The molecule has 3 heterocycles. The first-order chi connectivity index (χ1) is 12.1. The van der Waals surface area contributed by atoms with E-state index < -0.39 is 0 Å². The molecular weight excluding hydrogens is 316 g/mol. The first kappa shape index (κ1) is 16.6. The number of hydrogen-bond acceptors (Lipinski definition) is 4. The van der Waals surface area contributed by atoms with Gasteiger partial charge in [0, 0.05) is 24.6 Å². The molecule has 0 fully saturated rings. The zero-order valence-electron chi connectivity index (χ0n) is 14.2. The first-order valence-corrected chi connectivity index (χ1v) is 8.02. The number of hydrogen-bond donors (Lipinski definition) is 2. The molecule has 128 valence electrons. The molecule has 0 saturated carbocycles. The van der Waals surface area contributed by atoms with Crippen LogP contribution < -0.4 is 10.6 Å². The Bertz CT molecular complexity index is 842. The quantitative estimate of drug-likeness (QED) is 0.748. The molecular formula is C18H20N6O. The van der Waals surface area contributed by atoms with Gasteiger partial charge in [-0.25, -0.2) is 14.5 Å². The Morgan fingerprint density at radius 2 is 1.92 bits per heavy atom. The van der Waals surface area contributed by atoms with E-state index in [4.69, 9.17) is 0 Å². The maximum absolute atomic E-state index is 11.8. The standard InChI is InChI=1S/C18H20N6O/c1-13-9-14(2)24(23-13)17-7-6-15(10-20-17)11-21-18(25)22-12-16-5-3-4-8-19-16/h3-10H,11-12H2,1-2H3,(H2,21,22,25). The minimum atomic E-state index is -0.242. The summed E-state index contributed by atoms with van der Waals surface area (Å²) >= 11 is 0. The number of amides is 2. The zero-order valence-corrected chi connectivity index (χ0v) is 14.2. The van der Waals surface area contributed by atoms with Crippen LogP contribution in [0.5, 0.6) is 0 Å². The van der Waals surface area contributed by atoms with Gasteiger partial charge in [0.2, 0.25) is 0 Å². The summed E-state index contributed by atoms with van der Waals surface area (Å²) in [7, 11) is 0. The molecule has 0 aromatic carbocycles. The summed E-state index contributed by atoms with van der Waals surface area (Å²) in [6, 6.07) is 11.2. The number of nitrogens with zero attached hydrogens (tertiary/aromatic N) is 4. The van der Waals surface area contributed by atoms with Crippen LogP contribution in [0.4, 0.5) is 4.79 Å². The van der Waals surface area contributed by atoms with E-state index in [2.05, 4.69) is 25.7 Å². The molecule has 3 aromatic rings. The highest BCUT2D eigenvalue weighted by atomic mass is 16.2. The van der Waals surface area contributed by atoms with Gasteiger partial charge < -0.3 is 10.6 Å². The SMILES string of the molecule is Cc1cc(C)n(-c2ccc(CNC(=O)NCc3ccccn3)cn2)n1. The van der Waals surface area contributed by atoms with Crippen molar-refractivity contribution in [2.45, 2.75) is 26.9 Å². The van der Waals surface area contributed by atoms with E-state index in [0.29, 0.717) is 13.1 Å². The first-order valence-electron chi connectivity index (χ1n) is 8.02. The van der Waals surface area contributed by atoms with E-state index in [1.54, 1.807) is 17.1 Å². The average Bonchev–Trinajstić information content (AvgIpc) is 2.98. The van der Waals surface area contributed by atoms with Crippen molar-refractivity contribution in [2.75, 3.05) is 0 Å². The molecule has 3 rings (SSSR count). The maximum atomic E-state index is 11.8. The Hall–Kier alpha value is -3.22. The van der Waals surface area contributed by atoms with Crippen LogP contribution in [0.15, 0.2) is 48.8 Å². The highest BCUT2D eigenvalue weighted by Crippen LogP contribution is 2.10. The van der Waals surface area contributed by atoms with Crippen molar-refractivity contribution >= 4 is 6.03 Å². The summed E-state index contributed by atoms with van der Waals surface area (Å²) in [5.41, 5.74) is 3.71. The minimum Gasteiger partial charge on any atom is -0.334 e. The molecule has 0 saturated heterocycles. The predicted molar refractivity (Wildman–Crippen MR) is 94.1 cm³/mol. The number of pyridine rings is 2. The largest absolute Gasteiger partial charge is 0.334 e. The van der Waals surface area contributed by atoms with Crippen LogP contribution in [-0.2, 0) is 13.1 Å². The second-order valence-corrected chi connectivity index (χ2v) is 5.72. The van der Waals surface area contributed by atoms with E-state index in [1.165, 1.54) is 0 Å². The molecule has 25 heavy (non-hydrogen) atoms. The third kappa shape index (κ3) is 4.41. The van der Waals surface area contributed by atoms with Crippen LogP contribution in [0, 0.1) is 13.8 Å². The van der Waals surface area contributed by atoms with Gasteiger partial charge in [0.15, 0.2) is 5.82 Å². The molecule has 3 aromatic heterocycles. The van der Waals surface area contributed by atoms with Gasteiger partial charge >= 0.3 is 6.03 Å². The van der Waals surface area contributed by atoms with Gasteiger partial charge in [-0.1, -0.05) is 12.1 Å². The summed E-state index contributed by atoms with van der Waals surface area (Å²) < 4.78 is 1.80. The fourth-order valence-corrected chi connectivity index (χ4v) is 2.43. The molecule has 0 atom stereocenters. The third-order valence-corrected chi connectivity index (χ3v) is 3.65.